The van der Waals surface area contributed by atoms with Crippen molar-refractivity contribution in [1.29, 1.82) is 0 Å². The molecule has 1 aliphatic rings. The maximum absolute atomic E-state index is 12.3. The van der Waals surface area contributed by atoms with Crippen LogP contribution in [0.2, 0.25) is 0 Å². The van der Waals surface area contributed by atoms with Gasteiger partial charge in [-0.3, -0.25) is 9.69 Å². The van der Waals surface area contributed by atoms with Gasteiger partial charge >= 0.3 is 5.97 Å². The van der Waals surface area contributed by atoms with Crippen molar-refractivity contribution in [3.05, 3.63) is 35.9 Å². The minimum Gasteiger partial charge on any atom is -0.459 e. The molecule has 1 heterocycles. The molecule has 0 N–H and O–H groups in total. The van der Waals surface area contributed by atoms with E-state index in [0.29, 0.717) is 26.2 Å². The minimum absolute atomic E-state index is 0. The fourth-order valence-corrected chi connectivity index (χ4v) is 3.55. The van der Waals surface area contributed by atoms with E-state index < -0.39 is 0 Å². The van der Waals surface area contributed by atoms with Crippen molar-refractivity contribution in [3.8, 4) is 0 Å². The number of ether oxygens (including phenoxy) is 3. The van der Waals surface area contributed by atoms with E-state index in [1.807, 2.05) is 30.3 Å². The lowest BCUT2D eigenvalue weighted by atomic mass is 10.1. The topological polar surface area (TPSA) is 48.0 Å². The summed E-state index contributed by atoms with van der Waals surface area (Å²) in [4.78, 5) is 14.6. The molecule has 1 unspecified atom stereocenters. The fourth-order valence-electron chi connectivity index (χ4n) is 3.55. The second kappa shape index (κ2) is 17.5. The molecule has 1 atom stereocenters. The van der Waals surface area contributed by atoms with Gasteiger partial charge in [0.1, 0.15) is 6.10 Å². The van der Waals surface area contributed by atoms with Gasteiger partial charge in [0.2, 0.25) is 0 Å². The first-order chi connectivity index (χ1) is 14.3. The highest BCUT2D eigenvalue weighted by molar-refractivity contribution is 5.85. The lowest BCUT2D eigenvalue weighted by molar-refractivity contribution is -0.154. The van der Waals surface area contributed by atoms with Gasteiger partial charge < -0.3 is 14.2 Å². The standard InChI is InChI=1S/C24H39NO4.ClH/c1-2-3-4-5-6-7-11-14-24(26)29-23(19-25-15-17-27-18-16-25)21-28-20-22-12-9-8-10-13-22;/h8-10,12-13,23H,2-7,11,14-21H2,1H3;1H. The summed E-state index contributed by atoms with van der Waals surface area (Å²) in [5.74, 6) is -0.0971. The average Bonchev–Trinajstić information content (AvgIpc) is 2.74. The van der Waals surface area contributed by atoms with Crippen LogP contribution in [0.5, 0.6) is 0 Å². The molecule has 1 aliphatic heterocycles. The SMILES string of the molecule is CCCCCCCCCC(=O)OC(COCc1ccccc1)CN1CCOCC1.Cl. The number of nitrogens with zero attached hydrogens (tertiary/aromatic N) is 1. The van der Waals surface area contributed by atoms with Gasteiger partial charge in [-0.25, -0.2) is 0 Å². The molecule has 5 nitrogen and oxygen atoms in total. The van der Waals surface area contributed by atoms with Gasteiger partial charge in [0, 0.05) is 26.1 Å². The Hall–Kier alpha value is -1.14. The maximum atomic E-state index is 12.3. The van der Waals surface area contributed by atoms with Crippen LogP contribution in [0.15, 0.2) is 30.3 Å². The third-order valence-electron chi connectivity index (χ3n) is 5.26. The minimum atomic E-state index is -0.228. The van der Waals surface area contributed by atoms with Crippen molar-refractivity contribution in [2.45, 2.75) is 71.0 Å². The van der Waals surface area contributed by atoms with Crippen LogP contribution in [0.4, 0.5) is 0 Å². The first kappa shape index (κ1) is 26.9. The van der Waals surface area contributed by atoms with Crippen molar-refractivity contribution in [2.75, 3.05) is 39.5 Å². The second-order valence-corrected chi connectivity index (χ2v) is 7.90. The summed E-state index contributed by atoms with van der Waals surface area (Å²) in [6.45, 7) is 7.14. The molecular weight excluding hydrogens is 402 g/mol. The van der Waals surface area contributed by atoms with Crippen LogP contribution in [0, 0.1) is 0 Å². The molecule has 0 saturated carbocycles. The van der Waals surface area contributed by atoms with E-state index in [1.54, 1.807) is 0 Å². The van der Waals surface area contributed by atoms with Crippen LogP contribution in [-0.2, 0) is 25.6 Å². The number of hydrogen-bond donors (Lipinski definition) is 0. The molecule has 172 valence electrons. The number of morpholine rings is 1. The van der Waals surface area contributed by atoms with E-state index in [4.69, 9.17) is 14.2 Å². The number of carbonyl (C=O) groups is 1. The quantitative estimate of drug-likeness (QED) is 0.283. The van der Waals surface area contributed by atoms with Gasteiger partial charge in [-0.2, -0.15) is 0 Å². The molecule has 2 rings (SSSR count). The molecule has 0 spiro atoms. The van der Waals surface area contributed by atoms with Crippen LogP contribution in [-0.4, -0.2) is 56.4 Å². The molecule has 0 radical (unpaired) electrons. The molecule has 30 heavy (non-hydrogen) atoms. The van der Waals surface area contributed by atoms with Crippen LogP contribution in [0.25, 0.3) is 0 Å². The monoisotopic (exact) mass is 441 g/mol. The van der Waals surface area contributed by atoms with Gasteiger partial charge in [-0.15, -0.1) is 12.4 Å². The summed E-state index contributed by atoms with van der Waals surface area (Å²) in [6, 6.07) is 10.1. The van der Waals surface area contributed by atoms with Gasteiger partial charge in [-0.1, -0.05) is 75.8 Å². The Morgan fingerprint density at radius 3 is 2.40 bits per heavy atom. The predicted octanol–water partition coefficient (Wildman–Crippen LogP) is 5.01. The van der Waals surface area contributed by atoms with Crippen molar-refractivity contribution < 1.29 is 19.0 Å². The number of esters is 1. The fraction of sp³-hybridized carbons (Fsp3) is 0.708. The average molecular weight is 442 g/mol. The van der Waals surface area contributed by atoms with E-state index >= 15 is 0 Å². The zero-order valence-corrected chi connectivity index (χ0v) is 19.4. The van der Waals surface area contributed by atoms with Gasteiger partial charge in [0.25, 0.3) is 0 Å². The Balaban J connectivity index is 0.00000450. The summed E-state index contributed by atoms with van der Waals surface area (Å²) in [5, 5.41) is 0. The lowest BCUT2D eigenvalue weighted by Crippen LogP contribution is -2.43. The van der Waals surface area contributed by atoms with E-state index in [1.165, 1.54) is 32.1 Å². The highest BCUT2D eigenvalue weighted by atomic mass is 35.5. The zero-order valence-electron chi connectivity index (χ0n) is 18.6. The number of unbranched alkanes of at least 4 members (excludes halogenated alkanes) is 6. The molecule has 1 aromatic carbocycles. The summed E-state index contributed by atoms with van der Waals surface area (Å²) >= 11 is 0. The normalized spacial score (nSPS) is 15.4. The first-order valence-electron chi connectivity index (χ1n) is 11.4. The smallest absolute Gasteiger partial charge is 0.306 e. The highest BCUT2D eigenvalue weighted by Gasteiger charge is 2.20. The van der Waals surface area contributed by atoms with Crippen molar-refractivity contribution in [1.82, 2.24) is 4.90 Å². The van der Waals surface area contributed by atoms with E-state index in [2.05, 4.69) is 11.8 Å². The Bertz CT molecular complexity index is 537. The summed E-state index contributed by atoms with van der Waals surface area (Å²) in [6.07, 6.45) is 8.68. The van der Waals surface area contributed by atoms with Crippen LogP contribution >= 0.6 is 12.4 Å². The van der Waals surface area contributed by atoms with Crippen LogP contribution in [0.3, 0.4) is 0 Å². The molecule has 6 heteroatoms. The molecule has 0 aliphatic carbocycles. The first-order valence-corrected chi connectivity index (χ1v) is 11.4. The Morgan fingerprint density at radius 1 is 1.03 bits per heavy atom. The molecule has 1 fully saturated rings. The highest BCUT2D eigenvalue weighted by Crippen LogP contribution is 2.11. The number of carbonyl (C=O) groups excluding carboxylic acids is 1. The van der Waals surface area contributed by atoms with Crippen LogP contribution < -0.4 is 0 Å². The van der Waals surface area contributed by atoms with E-state index in [9.17, 15) is 4.79 Å². The number of benzene rings is 1. The lowest BCUT2D eigenvalue weighted by Gasteiger charge is -2.30. The number of hydrogen-bond acceptors (Lipinski definition) is 5. The Kier molecular flexibility index (Phi) is 15.7. The van der Waals surface area contributed by atoms with Gasteiger partial charge in [0.05, 0.1) is 26.4 Å². The molecule has 0 amide bonds. The Labute approximate surface area is 188 Å². The van der Waals surface area contributed by atoms with Crippen molar-refractivity contribution in [2.24, 2.45) is 0 Å². The molecular formula is C24H40ClNO4. The van der Waals surface area contributed by atoms with Crippen LogP contribution in [0.1, 0.15) is 63.9 Å². The molecule has 0 aromatic heterocycles. The molecule has 1 saturated heterocycles. The van der Waals surface area contributed by atoms with Crippen molar-refractivity contribution in [3.63, 3.8) is 0 Å². The summed E-state index contributed by atoms with van der Waals surface area (Å²) < 4.78 is 17.1. The van der Waals surface area contributed by atoms with E-state index in [0.717, 1.165) is 44.7 Å². The predicted molar refractivity (Wildman–Crippen MR) is 123 cm³/mol. The Morgan fingerprint density at radius 2 is 1.70 bits per heavy atom. The number of halogens is 1. The largest absolute Gasteiger partial charge is 0.459 e. The summed E-state index contributed by atoms with van der Waals surface area (Å²) in [5.41, 5.74) is 1.13. The van der Waals surface area contributed by atoms with Crippen molar-refractivity contribution >= 4 is 18.4 Å². The van der Waals surface area contributed by atoms with E-state index in [-0.39, 0.29) is 24.5 Å². The third kappa shape index (κ3) is 12.5. The number of rotatable bonds is 15. The zero-order chi connectivity index (χ0) is 20.6. The summed E-state index contributed by atoms with van der Waals surface area (Å²) in [7, 11) is 0. The molecule has 1 aromatic rings. The maximum Gasteiger partial charge on any atom is 0.306 e. The van der Waals surface area contributed by atoms with Gasteiger partial charge in [0.15, 0.2) is 0 Å². The molecule has 0 bridgehead atoms. The third-order valence-corrected chi connectivity index (χ3v) is 5.26. The second-order valence-electron chi connectivity index (χ2n) is 7.90. The van der Waals surface area contributed by atoms with Gasteiger partial charge in [-0.05, 0) is 12.0 Å².